The highest BCUT2D eigenvalue weighted by Gasteiger charge is 2.37. The van der Waals surface area contributed by atoms with Crippen LogP contribution in [0.25, 0.3) is 0 Å². The van der Waals surface area contributed by atoms with Gasteiger partial charge < -0.3 is 10.2 Å². The van der Waals surface area contributed by atoms with Gasteiger partial charge in [-0.2, -0.15) is 13.2 Å². The third kappa shape index (κ3) is 4.85. The van der Waals surface area contributed by atoms with Gasteiger partial charge in [0.15, 0.2) is 0 Å². The minimum Gasteiger partial charge on any atom is -0.374 e. The Bertz CT molecular complexity index is 1020. The van der Waals surface area contributed by atoms with Gasteiger partial charge in [0.1, 0.15) is 11.9 Å². The number of primary sulfonamides is 1. The summed E-state index contributed by atoms with van der Waals surface area (Å²) < 4.78 is 75.5. The zero-order valence-electron chi connectivity index (χ0n) is 14.9. The molecule has 6 nitrogen and oxygen atoms in total. The SMILES string of the molecule is NS(=O)(=O)c1ccc(NC2CCN(Cc3ccc(F)cc3)C2=O)cc1C(F)(F)F. The Hall–Kier alpha value is -2.66. The van der Waals surface area contributed by atoms with Gasteiger partial charge in [0.2, 0.25) is 15.9 Å². The lowest BCUT2D eigenvalue weighted by Crippen LogP contribution is -2.33. The van der Waals surface area contributed by atoms with Crippen molar-refractivity contribution in [2.45, 2.75) is 30.1 Å². The summed E-state index contributed by atoms with van der Waals surface area (Å²) in [7, 11) is -4.57. The van der Waals surface area contributed by atoms with Crippen molar-refractivity contribution in [1.82, 2.24) is 4.90 Å². The summed E-state index contributed by atoms with van der Waals surface area (Å²) >= 11 is 0. The number of nitrogens with one attached hydrogen (secondary N) is 1. The van der Waals surface area contributed by atoms with Gasteiger partial charge in [0, 0.05) is 18.8 Å². The van der Waals surface area contributed by atoms with Crippen LogP contribution >= 0.6 is 0 Å². The van der Waals surface area contributed by atoms with Gasteiger partial charge in [-0.25, -0.2) is 17.9 Å². The number of carbonyl (C=O) groups is 1. The Morgan fingerprint density at radius 2 is 1.79 bits per heavy atom. The van der Waals surface area contributed by atoms with E-state index in [1.165, 1.54) is 17.0 Å². The van der Waals surface area contributed by atoms with Crippen molar-refractivity contribution >= 4 is 21.6 Å². The van der Waals surface area contributed by atoms with Crippen LogP contribution in [0.2, 0.25) is 0 Å². The molecule has 1 aliphatic heterocycles. The molecule has 0 saturated carbocycles. The Morgan fingerprint density at radius 3 is 2.38 bits per heavy atom. The molecule has 0 bridgehead atoms. The number of nitrogens with two attached hydrogens (primary N) is 1. The Labute approximate surface area is 164 Å². The van der Waals surface area contributed by atoms with Crippen LogP contribution in [0.4, 0.5) is 23.2 Å². The summed E-state index contributed by atoms with van der Waals surface area (Å²) in [6.45, 7) is 0.616. The lowest BCUT2D eigenvalue weighted by atomic mass is 10.1. The maximum atomic E-state index is 13.2. The number of anilines is 1. The molecule has 0 spiro atoms. The van der Waals surface area contributed by atoms with Gasteiger partial charge in [-0.3, -0.25) is 4.79 Å². The van der Waals surface area contributed by atoms with Crippen LogP contribution in [-0.2, 0) is 27.5 Å². The maximum absolute atomic E-state index is 13.2. The number of likely N-dealkylation sites (tertiary alicyclic amines) is 1. The second kappa shape index (κ2) is 7.64. The van der Waals surface area contributed by atoms with Crippen LogP contribution in [-0.4, -0.2) is 31.8 Å². The van der Waals surface area contributed by atoms with E-state index in [-0.39, 0.29) is 18.1 Å². The van der Waals surface area contributed by atoms with Crippen LogP contribution in [0.15, 0.2) is 47.4 Å². The van der Waals surface area contributed by atoms with Crippen LogP contribution in [0.3, 0.4) is 0 Å². The van der Waals surface area contributed by atoms with Gasteiger partial charge in [-0.15, -0.1) is 0 Å². The average Bonchev–Trinajstić information content (AvgIpc) is 2.95. The molecule has 1 unspecified atom stereocenters. The number of hydrogen-bond acceptors (Lipinski definition) is 4. The average molecular weight is 431 g/mol. The molecule has 1 aliphatic rings. The van der Waals surface area contributed by atoms with Crippen LogP contribution in [0.5, 0.6) is 0 Å². The molecule has 0 radical (unpaired) electrons. The summed E-state index contributed by atoms with van der Waals surface area (Å²) in [6, 6.07) is 7.39. The van der Waals surface area contributed by atoms with E-state index in [1.54, 1.807) is 12.1 Å². The largest absolute Gasteiger partial charge is 0.417 e. The zero-order valence-corrected chi connectivity index (χ0v) is 15.7. The Morgan fingerprint density at radius 1 is 1.14 bits per heavy atom. The van der Waals surface area contributed by atoms with E-state index in [9.17, 15) is 30.8 Å². The van der Waals surface area contributed by atoms with Crippen molar-refractivity contribution in [3.63, 3.8) is 0 Å². The fourth-order valence-electron chi connectivity index (χ4n) is 3.13. The highest BCUT2D eigenvalue weighted by molar-refractivity contribution is 7.89. The highest BCUT2D eigenvalue weighted by Crippen LogP contribution is 2.36. The summed E-state index contributed by atoms with van der Waals surface area (Å²) in [4.78, 5) is 13.0. The molecule has 1 amide bonds. The lowest BCUT2D eigenvalue weighted by Gasteiger charge is -2.19. The molecule has 1 fully saturated rings. The molecule has 0 aromatic heterocycles. The topological polar surface area (TPSA) is 92.5 Å². The second-order valence-corrected chi connectivity index (χ2v) is 8.16. The molecule has 29 heavy (non-hydrogen) atoms. The van der Waals surface area contributed by atoms with Crippen molar-refractivity contribution < 1.29 is 30.8 Å². The Kier molecular flexibility index (Phi) is 5.54. The van der Waals surface area contributed by atoms with E-state index in [0.29, 0.717) is 19.0 Å². The number of halogens is 4. The minimum atomic E-state index is -4.94. The van der Waals surface area contributed by atoms with Crippen molar-refractivity contribution in [3.05, 3.63) is 59.4 Å². The summed E-state index contributed by atoms with van der Waals surface area (Å²) in [6.07, 6.45) is -4.59. The van der Waals surface area contributed by atoms with Crippen molar-refractivity contribution in [1.29, 1.82) is 0 Å². The molecule has 156 valence electrons. The first-order valence-corrected chi connectivity index (χ1v) is 10.0. The number of amides is 1. The quantitative estimate of drug-likeness (QED) is 0.712. The number of sulfonamides is 1. The lowest BCUT2D eigenvalue weighted by molar-refractivity contribution is -0.139. The van der Waals surface area contributed by atoms with E-state index in [2.05, 4.69) is 5.32 Å². The first-order valence-electron chi connectivity index (χ1n) is 8.49. The summed E-state index contributed by atoms with van der Waals surface area (Å²) in [5.41, 5.74) is -0.734. The van der Waals surface area contributed by atoms with Gasteiger partial charge >= 0.3 is 6.18 Å². The van der Waals surface area contributed by atoms with E-state index in [0.717, 1.165) is 17.7 Å². The van der Waals surface area contributed by atoms with Crippen LogP contribution < -0.4 is 10.5 Å². The van der Waals surface area contributed by atoms with E-state index < -0.39 is 38.5 Å². The molecule has 3 N–H and O–H groups in total. The monoisotopic (exact) mass is 431 g/mol. The number of alkyl halides is 3. The fourth-order valence-corrected chi connectivity index (χ4v) is 3.87. The predicted molar refractivity (Wildman–Crippen MR) is 96.7 cm³/mol. The third-order valence-electron chi connectivity index (χ3n) is 4.52. The number of benzene rings is 2. The predicted octanol–water partition coefficient (Wildman–Crippen LogP) is 2.70. The number of hydrogen-bond donors (Lipinski definition) is 2. The van der Waals surface area contributed by atoms with E-state index in [1.807, 2.05) is 0 Å². The second-order valence-electron chi connectivity index (χ2n) is 6.63. The van der Waals surface area contributed by atoms with Crippen molar-refractivity contribution in [2.24, 2.45) is 5.14 Å². The van der Waals surface area contributed by atoms with Gasteiger partial charge in [-0.05, 0) is 42.3 Å². The fraction of sp³-hybridized carbons (Fsp3) is 0.278. The molecule has 1 saturated heterocycles. The third-order valence-corrected chi connectivity index (χ3v) is 5.49. The van der Waals surface area contributed by atoms with Crippen molar-refractivity contribution in [2.75, 3.05) is 11.9 Å². The first-order chi connectivity index (χ1) is 13.4. The number of nitrogens with zero attached hydrogens (tertiary/aromatic N) is 1. The van der Waals surface area contributed by atoms with E-state index in [4.69, 9.17) is 5.14 Å². The van der Waals surface area contributed by atoms with Gasteiger partial charge in [-0.1, -0.05) is 12.1 Å². The Balaban J connectivity index is 1.76. The summed E-state index contributed by atoms with van der Waals surface area (Å²) in [5.74, 6) is -0.720. The smallest absolute Gasteiger partial charge is 0.374 e. The van der Waals surface area contributed by atoms with Crippen molar-refractivity contribution in [3.8, 4) is 0 Å². The molecular formula is C18H17F4N3O3S. The molecule has 1 heterocycles. The molecule has 2 aromatic rings. The minimum absolute atomic E-state index is 0.0493. The molecule has 1 atom stereocenters. The van der Waals surface area contributed by atoms with Gasteiger partial charge in [0.05, 0.1) is 10.5 Å². The van der Waals surface area contributed by atoms with E-state index >= 15 is 0 Å². The standard InChI is InChI=1S/C18H17F4N3O3S/c19-12-3-1-11(2-4-12)10-25-8-7-15(17(25)26)24-13-5-6-16(29(23,27)28)14(9-13)18(20,21)22/h1-6,9,15,24H,7-8,10H2,(H2,23,27,28). The first kappa shape index (κ1) is 21.1. The van der Waals surface area contributed by atoms with Crippen LogP contribution in [0, 0.1) is 5.82 Å². The maximum Gasteiger partial charge on any atom is 0.417 e. The zero-order chi connectivity index (χ0) is 21.4. The highest BCUT2D eigenvalue weighted by atomic mass is 32.2. The molecule has 0 aliphatic carbocycles. The molecule has 3 rings (SSSR count). The normalized spacial score (nSPS) is 17.6. The molecular weight excluding hydrogens is 414 g/mol. The van der Waals surface area contributed by atoms with Gasteiger partial charge in [0.25, 0.3) is 0 Å². The summed E-state index contributed by atoms with van der Waals surface area (Å²) in [5, 5.41) is 7.58. The van der Waals surface area contributed by atoms with Crippen LogP contribution in [0.1, 0.15) is 17.5 Å². The number of rotatable bonds is 5. The number of carbonyl (C=O) groups excluding carboxylic acids is 1. The molecule has 2 aromatic carbocycles. The molecule has 11 heteroatoms.